The zero-order chi connectivity index (χ0) is 14.3. The first kappa shape index (κ1) is 15.4. The van der Waals surface area contributed by atoms with Crippen molar-refractivity contribution in [1.82, 2.24) is 20.2 Å². The molecule has 1 aromatic heterocycles. The van der Waals surface area contributed by atoms with Gasteiger partial charge in [-0.3, -0.25) is 0 Å². The van der Waals surface area contributed by atoms with Gasteiger partial charge in [-0.05, 0) is 6.26 Å². The number of imidazole rings is 1. The molecule has 0 aromatic carbocycles. The summed E-state index contributed by atoms with van der Waals surface area (Å²) in [6, 6.07) is -1.36. The molecule has 0 saturated heterocycles. The second kappa shape index (κ2) is 7.67. The molecular weight excluding hydrogens is 268 g/mol. The first-order valence-electron chi connectivity index (χ1n) is 5.75. The maximum Gasteiger partial charge on any atom is 0.326 e. The Hall–Kier alpha value is -1.70. The number of aliphatic carboxylic acids is 1. The predicted molar refractivity (Wildman–Crippen MR) is 73.3 cm³/mol. The van der Waals surface area contributed by atoms with Crippen LogP contribution in [0.15, 0.2) is 12.5 Å². The number of hydrogen-bond donors (Lipinski definition) is 3. The Labute approximate surface area is 115 Å². The number of hydrogen-bond acceptors (Lipinski definition) is 4. The number of rotatable bonds is 7. The highest BCUT2D eigenvalue weighted by Crippen LogP contribution is 2.00. The van der Waals surface area contributed by atoms with Gasteiger partial charge in [-0.25, -0.2) is 14.6 Å². The summed E-state index contributed by atoms with van der Waals surface area (Å²) in [6.45, 7) is 0.573. The summed E-state index contributed by atoms with van der Waals surface area (Å²) >= 11 is 1.63. The van der Waals surface area contributed by atoms with Crippen LogP contribution in [0.1, 0.15) is 5.69 Å². The number of carbonyl (C=O) groups is 2. The summed E-state index contributed by atoms with van der Waals surface area (Å²) in [4.78, 5) is 31.0. The van der Waals surface area contributed by atoms with Crippen molar-refractivity contribution in [2.45, 2.75) is 12.5 Å². The fourth-order valence-corrected chi connectivity index (χ4v) is 1.86. The van der Waals surface area contributed by atoms with Crippen LogP contribution >= 0.6 is 11.8 Å². The van der Waals surface area contributed by atoms with Gasteiger partial charge >= 0.3 is 12.0 Å². The molecule has 19 heavy (non-hydrogen) atoms. The molecule has 7 nitrogen and oxygen atoms in total. The third-order valence-electron chi connectivity index (χ3n) is 2.55. The van der Waals surface area contributed by atoms with E-state index in [2.05, 4.69) is 15.3 Å². The smallest absolute Gasteiger partial charge is 0.326 e. The normalized spacial score (nSPS) is 11.9. The van der Waals surface area contributed by atoms with Gasteiger partial charge in [0, 0.05) is 37.7 Å². The minimum atomic E-state index is -1.07. The van der Waals surface area contributed by atoms with Crippen LogP contribution < -0.4 is 5.32 Å². The third kappa shape index (κ3) is 5.21. The lowest BCUT2D eigenvalue weighted by Crippen LogP contribution is -2.48. The molecule has 0 aliphatic carbocycles. The van der Waals surface area contributed by atoms with Crippen molar-refractivity contribution in [3.8, 4) is 0 Å². The SMILES string of the molecule is CSCCN(C)C(=O)N[C@H](Cc1cnc[nH]1)C(=O)O. The standard InChI is InChI=1S/C11H18N4O3S/c1-15(3-4-19-2)11(18)14-9(10(16)17)5-8-6-12-7-13-8/h6-7,9H,3-5H2,1-2H3,(H,12,13)(H,14,18)(H,16,17)/t9-/m1/s1. The molecule has 1 rings (SSSR count). The fourth-order valence-electron chi connectivity index (χ4n) is 1.41. The molecule has 1 aromatic rings. The summed E-state index contributed by atoms with van der Waals surface area (Å²) in [5, 5.41) is 11.6. The second-order valence-electron chi connectivity index (χ2n) is 4.04. The monoisotopic (exact) mass is 286 g/mol. The molecule has 0 radical (unpaired) electrons. The van der Waals surface area contributed by atoms with E-state index in [9.17, 15) is 9.59 Å². The zero-order valence-electron chi connectivity index (χ0n) is 10.9. The van der Waals surface area contributed by atoms with Gasteiger partial charge in [-0.1, -0.05) is 0 Å². The maximum absolute atomic E-state index is 11.8. The molecule has 8 heteroatoms. The molecule has 1 heterocycles. The number of nitrogens with one attached hydrogen (secondary N) is 2. The molecule has 0 fully saturated rings. The molecule has 0 saturated carbocycles. The van der Waals surface area contributed by atoms with Gasteiger partial charge in [0.15, 0.2) is 0 Å². The van der Waals surface area contributed by atoms with Gasteiger partial charge in [-0.2, -0.15) is 11.8 Å². The van der Waals surface area contributed by atoms with Crippen molar-refractivity contribution >= 4 is 23.8 Å². The summed E-state index contributed by atoms with van der Waals surface area (Å²) in [5.41, 5.74) is 0.666. The lowest BCUT2D eigenvalue weighted by molar-refractivity contribution is -0.139. The van der Waals surface area contributed by atoms with E-state index in [0.29, 0.717) is 12.2 Å². The molecule has 0 aliphatic rings. The molecular formula is C11H18N4O3S. The van der Waals surface area contributed by atoms with Gasteiger partial charge in [0.2, 0.25) is 0 Å². The fraction of sp³-hybridized carbons (Fsp3) is 0.545. The van der Waals surface area contributed by atoms with Crippen LogP contribution in [0, 0.1) is 0 Å². The molecule has 0 bridgehead atoms. The van der Waals surface area contributed by atoms with Crippen LogP contribution in [0.3, 0.4) is 0 Å². The summed E-state index contributed by atoms with van der Waals surface area (Å²) in [5.74, 6) is -0.261. The summed E-state index contributed by atoms with van der Waals surface area (Å²) in [6.07, 6.45) is 5.14. The van der Waals surface area contributed by atoms with Crippen molar-refractivity contribution in [2.75, 3.05) is 25.6 Å². The molecule has 2 amide bonds. The highest BCUT2D eigenvalue weighted by atomic mass is 32.2. The average molecular weight is 286 g/mol. The average Bonchev–Trinajstić information content (AvgIpc) is 2.87. The Kier molecular flexibility index (Phi) is 6.20. The van der Waals surface area contributed by atoms with Crippen molar-refractivity contribution in [2.24, 2.45) is 0 Å². The number of H-pyrrole nitrogens is 1. The van der Waals surface area contributed by atoms with Gasteiger partial charge in [0.25, 0.3) is 0 Å². The Morgan fingerprint density at radius 1 is 1.63 bits per heavy atom. The quantitative estimate of drug-likeness (QED) is 0.674. The Balaban J connectivity index is 2.53. The van der Waals surface area contributed by atoms with E-state index in [4.69, 9.17) is 5.11 Å². The molecule has 106 valence electrons. The Morgan fingerprint density at radius 3 is 2.89 bits per heavy atom. The van der Waals surface area contributed by atoms with E-state index in [0.717, 1.165) is 5.75 Å². The van der Waals surface area contributed by atoms with Crippen LogP contribution in [0.4, 0.5) is 4.79 Å². The van der Waals surface area contributed by atoms with E-state index < -0.39 is 12.0 Å². The highest BCUT2D eigenvalue weighted by Gasteiger charge is 2.22. The number of aromatic amines is 1. The number of nitrogens with zero attached hydrogens (tertiary/aromatic N) is 2. The van der Waals surface area contributed by atoms with Gasteiger partial charge in [0.05, 0.1) is 6.33 Å². The molecule has 3 N–H and O–H groups in total. The van der Waals surface area contributed by atoms with Crippen molar-refractivity contribution in [3.63, 3.8) is 0 Å². The van der Waals surface area contributed by atoms with Crippen molar-refractivity contribution in [3.05, 3.63) is 18.2 Å². The lowest BCUT2D eigenvalue weighted by Gasteiger charge is -2.20. The van der Waals surface area contributed by atoms with Crippen LogP contribution in [0.25, 0.3) is 0 Å². The van der Waals surface area contributed by atoms with Gasteiger partial charge in [0.1, 0.15) is 6.04 Å². The summed E-state index contributed by atoms with van der Waals surface area (Å²) in [7, 11) is 1.64. The Morgan fingerprint density at radius 2 is 2.37 bits per heavy atom. The molecule has 0 spiro atoms. The van der Waals surface area contributed by atoms with Crippen LogP contribution in [0.5, 0.6) is 0 Å². The summed E-state index contributed by atoms with van der Waals surface area (Å²) < 4.78 is 0. The third-order valence-corrected chi connectivity index (χ3v) is 3.14. The minimum absolute atomic E-state index is 0.178. The molecule has 0 aliphatic heterocycles. The van der Waals surface area contributed by atoms with Crippen molar-refractivity contribution < 1.29 is 14.7 Å². The number of urea groups is 1. The maximum atomic E-state index is 11.8. The number of aromatic nitrogens is 2. The topological polar surface area (TPSA) is 98.3 Å². The van der Waals surface area contributed by atoms with E-state index in [1.165, 1.54) is 11.2 Å². The van der Waals surface area contributed by atoms with Gasteiger partial charge < -0.3 is 20.3 Å². The second-order valence-corrected chi connectivity index (χ2v) is 5.02. The van der Waals surface area contributed by atoms with Crippen molar-refractivity contribution in [1.29, 1.82) is 0 Å². The number of amides is 2. The van der Waals surface area contributed by atoms with E-state index in [1.807, 2.05) is 6.26 Å². The van der Waals surface area contributed by atoms with E-state index in [1.54, 1.807) is 25.0 Å². The molecule has 0 unspecified atom stereocenters. The number of carbonyl (C=O) groups excluding carboxylic acids is 1. The highest BCUT2D eigenvalue weighted by molar-refractivity contribution is 7.98. The number of thioether (sulfide) groups is 1. The number of carboxylic acids is 1. The van der Waals surface area contributed by atoms with Crippen LogP contribution in [-0.2, 0) is 11.2 Å². The minimum Gasteiger partial charge on any atom is -0.480 e. The van der Waals surface area contributed by atoms with E-state index >= 15 is 0 Å². The molecule has 1 atom stereocenters. The van der Waals surface area contributed by atoms with E-state index in [-0.39, 0.29) is 12.5 Å². The van der Waals surface area contributed by atoms with Crippen LogP contribution in [0.2, 0.25) is 0 Å². The largest absolute Gasteiger partial charge is 0.480 e. The Bertz CT molecular complexity index is 410. The lowest BCUT2D eigenvalue weighted by atomic mass is 10.1. The van der Waals surface area contributed by atoms with Crippen LogP contribution in [-0.4, -0.2) is 63.6 Å². The van der Waals surface area contributed by atoms with Gasteiger partial charge in [-0.15, -0.1) is 0 Å². The first-order chi connectivity index (χ1) is 9.04. The predicted octanol–water partition coefficient (Wildman–Crippen LogP) is 0.410. The first-order valence-corrected chi connectivity index (χ1v) is 7.14. The zero-order valence-corrected chi connectivity index (χ0v) is 11.7. The number of carboxylic acid groups (broad SMARTS) is 1.